The number of carbonyl (C=O) groups excluding carboxylic acids is 2. The molecule has 140 valence electrons. The first-order valence-electron chi connectivity index (χ1n) is 8.98. The summed E-state index contributed by atoms with van der Waals surface area (Å²) in [6.45, 7) is 0. The zero-order valence-corrected chi connectivity index (χ0v) is 15.7. The quantitative estimate of drug-likeness (QED) is 0.685. The van der Waals surface area contributed by atoms with E-state index in [-0.39, 0.29) is 6.42 Å². The predicted molar refractivity (Wildman–Crippen MR) is 108 cm³/mol. The van der Waals surface area contributed by atoms with Gasteiger partial charge in [0.1, 0.15) is 0 Å². The van der Waals surface area contributed by atoms with Crippen LogP contribution < -0.4 is 4.90 Å². The molecule has 0 radical (unpaired) electrons. The number of carbonyl (C=O) groups is 2. The Labute approximate surface area is 168 Å². The van der Waals surface area contributed by atoms with Crippen LogP contribution in [0.25, 0.3) is 0 Å². The molecule has 2 atom stereocenters. The number of hydrogen-bond acceptors (Lipinski definition) is 3. The number of benzene rings is 3. The molecule has 3 aromatic rings. The van der Waals surface area contributed by atoms with E-state index in [2.05, 4.69) is 0 Å². The van der Waals surface area contributed by atoms with Gasteiger partial charge in [-0.15, -0.1) is 0 Å². The number of para-hydroxylation sites is 1. The van der Waals surface area contributed by atoms with Crippen LogP contribution >= 0.6 is 11.6 Å². The van der Waals surface area contributed by atoms with Gasteiger partial charge in [-0.05, 0) is 35.7 Å². The monoisotopic (exact) mass is 391 g/mol. The number of amides is 2. The molecule has 1 N–H and O–H groups in total. The molecule has 0 spiro atoms. The number of anilines is 1. The van der Waals surface area contributed by atoms with Gasteiger partial charge in [-0.1, -0.05) is 78.3 Å². The summed E-state index contributed by atoms with van der Waals surface area (Å²) in [5.74, 6) is -2.07. The van der Waals surface area contributed by atoms with Crippen LogP contribution in [0.2, 0.25) is 5.02 Å². The molecule has 3 aromatic carbocycles. The van der Waals surface area contributed by atoms with Crippen molar-refractivity contribution in [2.24, 2.45) is 5.92 Å². The molecule has 4 nitrogen and oxygen atoms in total. The number of imide groups is 1. The maximum absolute atomic E-state index is 13.3. The molecule has 0 saturated carbocycles. The highest BCUT2D eigenvalue weighted by Crippen LogP contribution is 2.43. The van der Waals surface area contributed by atoms with Crippen molar-refractivity contribution < 1.29 is 14.7 Å². The molecule has 1 aliphatic rings. The molecular formula is C23H18ClNO3. The first-order valence-corrected chi connectivity index (χ1v) is 9.36. The van der Waals surface area contributed by atoms with Crippen molar-refractivity contribution >= 4 is 29.1 Å². The van der Waals surface area contributed by atoms with Gasteiger partial charge >= 0.3 is 0 Å². The molecule has 0 aromatic heterocycles. The smallest absolute Gasteiger partial charge is 0.271 e. The van der Waals surface area contributed by atoms with Crippen LogP contribution in [0, 0.1) is 5.92 Å². The van der Waals surface area contributed by atoms with E-state index < -0.39 is 23.3 Å². The topological polar surface area (TPSA) is 57.6 Å². The van der Waals surface area contributed by atoms with Crippen LogP contribution in [-0.4, -0.2) is 16.9 Å². The zero-order chi connectivity index (χ0) is 19.7. The van der Waals surface area contributed by atoms with E-state index in [4.69, 9.17) is 11.6 Å². The van der Waals surface area contributed by atoms with Gasteiger partial charge in [0.25, 0.3) is 5.91 Å². The highest BCUT2D eigenvalue weighted by Gasteiger charge is 2.59. The second-order valence-electron chi connectivity index (χ2n) is 6.79. The first kappa shape index (κ1) is 18.4. The number of halogens is 1. The van der Waals surface area contributed by atoms with E-state index >= 15 is 0 Å². The number of rotatable bonds is 4. The highest BCUT2D eigenvalue weighted by atomic mass is 35.5. The minimum Gasteiger partial charge on any atom is -0.375 e. The third-order valence-electron chi connectivity index (χ3n) is 5.16. The van der Waals surface area contributed by atoms with Crippen LogP contribution in [0.3, 0.4) is 0 Å². The Morgan fingerprint density at radius 3 is 2.07 bits per heavy atom. The van der Waals surface area contributed by atoms with Crippen molar-refractivity contribution in [3.8, 4) is 0 Å². The average Bonchev–Trinajstić information content (AvgIpc) is 2.92. The Morgan fingerprint density at radius 1 is 0.857 bits per heavy atom. The number of aliphatic hydroxyl groups is 1. The maximum Gasteiger partial charge on any atom is 0.271 e. The third kappa shape index (κ3) is 2.91. The average molecular weight is 392 g/mol. The van der Waals surface area contributed by atoms with Gasteiger partial charge in [0.15, 0.2) is 5.60 Å². The Hall–Kier alpha value is -2.95. The van der Waals surface area contributed by atoms with E-state index in [1.807, 2.05) is 6.07 Å². The summed E-state index contributed by atoms with van der Waals surface area (Å²) in [5.41, 5.74) is -0.426. The lowest BCUT2D eigenvalue weighted by molar-refractivity contribution is -0.139. The minimum atomic E-state index is -1.96. The molecule has 1 aliphatic heterocycles. The molecule has 1 heterocycles. The van der Waals surface area contributed by atoms with Crippen molar-refractivity contribution in [1.82, 2.24) is 0 Å². The van der Waals surface area contributed by atoms with E-state index in [0.29, 0.717) is 21.8 Å². The molecular weight excluding hydrogens is 374 g/mol. The normalized spacial score (nSPS) is 21.9. The Morgan fingerprint density at radius 2 is 1.43 bits per heavy atom. The van der Waals surface area contributed by atoms with Crippen LogP contribution in [-0.2, 0) is 21.6 Å². The van der Waals surface area contributed by atoms with Gasteiger partial charge in [-0.3, -0.25) is 9.59 Å². The van der Waals surface area contributed by atoms with Gasteiger partial charge in [0.05, 0.1) is 11.6 Å². The summed E-state index contributed by atoms with van der Waals surface area (Å²) >= 11 is 6.29. The van der Waals surface area contributed by atoms with Gasteiger partial charge in [0.2, 0.25) is 5.91 Å². The highest BCUT2D eigenvalue weighted by molar-refractivity contribution is 6.31. The lowest BCUT2D eigenvalue weighted by Gasteiger charge is -2.26. The largest absolute Gasteiger partial charge is 0.375 e. The molecule has 5 heteroatoms. The van der Waals surface area contributed by atoms with Gasteiger partial charge in [-0.25, -0.2) is 4.90 Å². The Balaban J connectivity index is 1.84. The minimum absolute atomic E-state index is 0.152. The van der Waals surface area contributed by atoms with Gasteiger partial charge < -0.3 is 5.11 Å². The number of hydrogen-bond donors (Lipinski definition) is 1. The van der Waals surface area contributed by atoms with Crippen LogP contribution in [0.4, 0.5) is 5.69 Å². The summed E-state index contributed by atoms with van der Waals surface area (Å²) in [4.78, 5) is 27.7. The fraction of sp³-hybridized carbons (Fsp3) is 0.130. The lowest BCUT2D eigenvalue weighted by atomic mass is 9.80. The van der Waals surface area contributed by atoms with E-state index in [0.717, 1.165) is 4.90 Å². The molecule has 1 fully saturated rings. The Kier molecular flexibility index (Phi) is 4.75. The zero-order valence-electron chi connectivity index (χ0n) is 15.0. The summed E-state index contributed by atoms with van der Waals surface area (Å²) in [5, 5.41) is 12.1. The van der Waals surface area contributed by atoms with Crippen LogP contribution in [0.1, 0.15) is 11.1 Å². The van der Waals surface area contributed by atoms with Gasteiger partial charge in [-0.2, -0.15) is 0 Å². The summed E-state index contributed by atoms with van der Waals surface area (Å²) in [6.07, 6.45) is 0.152. The molecule has 0 unspecified atom stereocenters. The molecule has 4 rings (SSSR count). The number of nitrogens with zero attached hydrogens (tertiary/aromatic N) is 1. The molecule has 1 saturated heterocycles. The second kappa shape index (κ2) is 7.23. The second-order valence-corrected chi connectivity index (χ2v) is 7.20. The molecule has 0 bridgehead atoms. The van der Waals surface area contributed by atoms with Crippen LogP contribution in [0.5, 0.6) is 0 Å². The van der Waals surface area contributed by atoms with Gasteiger partial charge in [0, 0.05) is 5.02 Å². The third-order valence-corrected chi connectivity index (χ3v) is 5.53. The van der Waals surface area contributed by atoms with E-state index in [9.17, 15) is 14.7 Å². The van der Waals surface area contributed by atoms with Crippen LogP contribution in [0.15, 0.2) is 84.9 Å². The van der Waals surface area contributed by atoms with Crippen molar-refractivity contribution in [1.29, 1.82) is 0 Å². The Bertz CT molecular complexity index is 1020. The van der Waals surface area contributed by atoms with Crippen molar-refractivity contribution in [3.05, 3.63) is 101 Å². The maximum atomic E-state index is 13.3. The predicted octanol–water partition coefficient (Wildman–Crippen LogP) is 3.96. The van der Waals surface area contributed by atoms with Crippen molar-refractivity contribution in [2.75, 3.05) is 4.90 Å². The van der Waals surface area contributed by atoms with Crippen molar-refractivity contribution in [3.63, 3.8) is 0 Å². The summed E-state index contributed by atoms with van der Waals surface area (Å²) < 4.78 is 0. The fourth-order valence-electron chi connectivity index (χ4n) is 3.71. The molecule has 28 heavy (non-hydrogen) atoms. The van der Waals surface area contributed by atoms with Crippen molar-refractivity contribution in [2.45, 2.75) is 12.0 Å². The summed E-state index contributed by atoms with van der Waals surface area (Å²) in [6, 6.07) is 24.4. The lowest BCUT2D eigenvalue weighted by Crippen LogP contribution is -2.41. The van der Waals surface area contributed by atoms with E-state index in [1.54, 1.807) is 78.9 Å². The van der Waals surface area contributed by atoms with E-state index in [1.165, 1.54) is 0 Å². The standard InChI is InChI=1S/C23H18ClNO3/c24-20-14-8-7-9-16(20)15-19-21(26)25(18-12-5-2-6-13-18)22(27)23(19,28)17-10-3-1-4-11-17/h1-14,19,28H,15H2/t19-,23-/m0/s1. The summed E-state index contributed by atoms with van der Waals surface area (Å²) in [7, 11) is 0. The first-order chi connectivity index (χ1) is 13.5. The SMILES string of the molecule is O=C1[C@H](Cc2ccccc2Cl)[C@@](O)(c2ccccc2)C(=O)N1c1ccccc1. The molecule has 2 amide bonds. The molecule has 0 aliphatic carbocycles. The fourth-order valence-corrected chi connectivity index (χ4v) is 3.92.